The van der Waals surface area contributed by atoms with Crippen LogP contribution in [0.5, 0.6) is 0 Å². The molecule has 1 heterocycles. The van der Waals surface area contributed by atoms with Crippen LogP contribution in [-0.2, 0) is 0 Å². The van der Waals surface area contributed by atoms with Gasteiger partial charge in [-0.3, -0.25) is 4.90 Å². The Bertz CT molecular complexity index is 344. The first-order valence-electron chi connectivity index (χ1n) is 4.97. The van der Waals surface area contributed by atoms with Gasteiger partial charge in [0.1, 0.15) is 18.0 Å². The van der Waals surface area contributed by atoms with E-state index in [0.717, 1.165) is 25.2 Å². The molecule has 0 atom stereocenters. The van der Waals surface area contributed by atoms with Gasteiger partial charge in [0, 0.05) is 19.7 Å². The Morgan fingerprint density at radius 1 is 1.53 bits per heavy atom. The van der Waals surface area contributed by atoms with Crippen molar-refractivity contribution in [3.8, 4) is 6.19 Å². The summed E-state index contributed by atoms with van der Waals surface area (Å²) in [7, 11) is 1.66. The molecule has 0 aliphatic heterocycles. The highest BCUT2D eigenvalue weighted by Crippen LogP contribution is 2.11. The molecule has 0 saturated carbocycles. The van der Waals surface area contributed by atoms with Crippen LogP contribution < -0.4 is 10.2 Å². The fraction of sp³-hybridized carbons (Fsp3) is 0.500. The normalized spacial score (nSPS) is 9.40. The van der Waals surface area contributed by atoms with Crippen molar-refractivity contribution in [3.05, 3.63) is 12.4 Å². The monoisotopic (exact) mass is 205 g/mol. The van der Waals surface area contributed by atoms with Gasteiger partial charge >= 0.3 is 0 Å². The zero-order valence-electron chi connectivity index (χ0n) is 9.06. The maximum absolute atomic E-state index is 8.69. The molecule has 1 aromatic rings. The number of nitriles is 1. The van der Waals surface area contributed by atoms with E-state index < -0.39 is 0 Å². The topological polar surface area (TPSA) is 64.8 Å². The molecular weight excluding hydrogens is 190 g/mol. The van der Waals surface area contributed by atoms with E-state index in [-0.39, 0.29) is 0 Å². The summed E-state index contributed by atoms with van der Waals surface area (Å²) in [6.07, 6.45) is 5.69. The summed E-state index contributed by atoms with van der Waals surface area (Å²) < 4.78 is 0. The van der Waals surface area contributed by atoms with Crippen molar-refractivity contribution in [1.29, 1.82) is 5.26 Å². The average Bonchev–Trinajstić information content (AvgIpc) is 2.29. The van der Waals surface area contributed by atoms with E-state index in [1.165, 1.54) is 11.2 Å². The molecule has 0 aromatic carbocycles. The van der Waals surface area contributed by atoms with Gasteiger partial charge in [0.25, 0.3) is 0 Å². The molecule has 0 radical (unpaired) electrons. The van der Waals surface area contributed by atoms with Crippen LogP contribution in [0.25, 0.3) is 0 Å². The Balaban J connectivity index is 2.62. The van der Waals surface area contributed by atoms with Crippen LogP contribution >= 0.6 is 0 Å². The first-order chi connectivity index (χ1) is 7.27. The first kappa shape index (κ1) is 11.2. The number of unbranched alkanes of at least 4 members (excludes halogenated alkanes) is 1. The fourth-order valence-electron chi connectivity index (χ4n) is 1.07. The minimum atomic E-state index is 0.603. The Morgan fingerprint density at radius 3 is 3.00 bits per heavy atom. The van der Waals surface area contributed by atoms with Gasteiger partial charge in [0.15, 0.2) is 6.19 Å². The third kappa shape index (κ3) is 3.43. The third-order valence-electron chi connectivity index (χ3n) is 1.98. The molecule has 1 N–H and O–H groups in total. The second kappa shape index (κ2) is 5.81. The van der Waals surface area contributed by atoms with Gasteiger partial charge in [0.2, 0.25) is 0 Å². The van der Waals surface area contributed by atoms with E-state index in [2.05, 4.69) is 22.2 Å². The Hall–Kier alpha value is -1.83. The number of nitrogens with one attached hydrogen (secondary N) is 1. The van der Waals surface area contributed by atoms with Gasteiger partial charge in [-0.05, 0) is 6.42 Å². The second-order valence-electron chi connectivity index (χ2n) is 3.20. The number of rotatable bonds is 5. The highest BCUT2D eigenvalue weighted by Gasteiger charge is 2.02. The maximum atomic E-state index is 8.69. The van der Waals surface area contributed by atoms with Gasteiger partial charge in [0.05, 0.1) is 0 Å². The molecule has 1 rings (SSSR count). The summed E-state index contributed by atoms with van der Waals surface area (Å²) >= 11 is 0. The van der Waals surface area contributed by atoms with Crippen molar-refractivity contribution >= 4 is 11.6 Å². The zero-order chi connectivity index (χ0) is 11.1. The predicted molar refractivity (Wildman–Crippen MR) is 59.4 cm³/mol. The summed E-state index contributed by atoms with van der Waals surface area (Å²) in [5.74, 6) is 1.36. The molecule has 5 heteroatoms. The highest BCUT2D eigenvalue weighted by molar-refractivity contribution is 5.50. The van der Waals surface area contributed by atoms with Crippen molar-refractivity contribution in [2.24, 2.45) is 0 Å². The van der Waals surface area contributed by atoms with E-state index in [9.17, 15) is 0 Å². The lowest BCUT2D eigenvalue weighted by Gasteiger charge is -2.09. The van der Waals surface area contributed by atoms with E-state index in [1.54, 1.807) is 13.1 Å². The van der Waals surface area contributed by atoms with Crippen LogP contribution in [0.15, 0.2) is 12.4 Å². The van der Waals surface area contributed by atoms with Crippen molar-refractivity contribution in [2.75, 3.05) is 23.8 Å². The van der Waals surface area contributed by atoms with Crippen LogP contribution in [0.4, 0.5) is 11.6 Å². The molecule has 80 valence electrons. The molecule has 0 unspecified atom stereocenters. The van der Waals surface area contributed by atoms with Crippen molar-refractivity contribution in [1.82, 2.24) is 9.97 Å². The molecule has 0 amide bonds. The Morgan fingerprint density at radius 2 is 2.33 bits per heavy atom. The van der Waals surface area contributed by atoms with Crippen LogP contribution in [0.1, 0.15) is 19.8 Å². The van der Waals surface area contributed by atoms with E-state index in [4.69, 9.17) is 5.26 Å². The van der Waals surface area contributed by atoms with Crippen LogP contribution in [0.3, 0.4) is 0 Å². The predicted octanol–water partition coefficient (Wildman–Crippen LogP) is 1.61. The summed E-state index contributed by atoms with van der Waals surface area (Å²) in [5.41, 5.74) is 0. The molecule has 0 saturated heterocycles. The summed E-state index contributed by atoms with van der Waals surface area (Å²) in [6, 6.07) is 1.76. The molecule has 0 fully saturated rings. The molecule has 0 spiro atoms. The van der Waals surface area contributed by atoms with Crippen molar-refractivity contribution < 1.29 is 0 Å². The zero-order valence-corrected chi connectivity index (χ0v) is 9.06. The summed E-state index contributed by atoms with van der Waals surface area (Å²) in [6.45, 7) is 3.03. The molecular formula is C10H15N5. The number of hydrogen-bond donors (Lipinski definition) is 1. The first-order valence-corrected chi connectivity index (χ1v) is 4.97. The lowest BCUT2D eigenvalue weighted by atomic mass is 10.3. The molecule has 0 bridgehead atoms. The highest BCUT2D eigenvalue weighted by atomic mass is 15.2. The standard InChI is InChI=1S/C10H15N5/c1-3-4-5-12-9-6-10(14-8-13-9)15(2)7-11/h6,8H,3-5H2,1-2H3,(H,12,13,14). The maximum Gasteiger partial charge on any atom is 0.185 e. The summed E-state index contributed by atoms with van der Waals surface area (Å²) in [4.78, 5) is 9.46. The van der Waals surface area contributed by atoms with Gasteiger partial charge in [-0.25, -0.2) is 9.97 Å². The molecule has 5 nitrogen and oxygen atoms in total. The number of anilines is 2. The molecule has 0 aliphatic rings. The van der Waals surface area contributed by atoms with Crippen LogP contribution in [0.2, 0.25) is 0 Å². The number of aromatic nitrogens is 2. The van der Waals surface area contributed by atoms with E-state index >= 15 is 0 Å². The molecule has 15 heavy (non-hydrogen) atoms. The smallest absolute Gasteiger partial charge is 0.185 e. The lowest BCUT2D eigenvalue weighted by Crippen LogP contribution is -2.11. The quantitative estimate of drug-likeness (QED) is 0.449. The lowest BCUT2D eigenvalue weighted by molar-refractivity contribution is 0.830. The SMILES string of the molecule is CCCCNc1cc(N(C)C#N)ncn1. The fourth-order valence-corrected chi connectivity index (χ4v) is 1.07. The van der Waals surface area contributed by atoms with Gasteiger partial charge in [-0.1, -0.05) is 13.3 Å². The van der Waals surface area contributed by atoms with Crippen molar-refractivity contribution in [2.45, 2.75) is 19.8 Å². The van der Waals surface area contributed by atoms with Crippen molar-refractivity contribution in [3.63, 3.8) is 0 Å². The average molecular weight is 205 g/mol. The van der Waals surface area contributed by atoms with Crippen LogP contribution in [-0.4, -0.2) is 23.6 Å². The Kier molecular flexibility index (Phi) is 4.35. The van der Waals surface area contributed by atoms with Gasteiger partial charge in [-0.2, -0.15) is 5.26 Å². The number of hydrogen-bond acceptors (Lipinski definition) is 5. The van der Waals surface area contributed by atoms with Gasteiger partial charge in [-0.15, -0.1) is 0 Å². The molecule has 1 aromatic heterocycles. The minimum Gasteiger partial charge on any atom is -0.370 e. The molecule has 0 aliphatic carbocycles. The third-order valence-corrected chi connectivity index (χ3v) is 1.98. The van der Waals surface area contributed by atoms with Crippen LogP contribution in [0, 0.1) is 11.5 Å². The Labute approximate surface area is 89.8 Å². The number of nitrogens with zero attached hydrogens (tertiary/aromatic N) is 4. The van der Waals surface area contributed by atoms with Gasteiger partial charge < -0.3 is 5.32 Å². The second-order valence-corrected chi connectivity index (χ2v) is 3.20. The largest absolute Gasteiger partial charge is 0.370 e. The van der Waals surface area contributed by atoms with E-state index in [1.807, 2.05) is 6.19 Å². The minimum absolute atomic E-state index is 0.603. The van der Waals surface area contributed by atoms with E-state index in [0.29, 0.717) is 5.82 Å². The summed E-state index contributed by atoms with van der Waals surface area (Å²) in [5, 5.41) is 11.9.